The molecule has 12 heteroatoms. The minimum Gasteiger partial charge on any atom is -0.460 e. The predicted octanol–water partition coefficient (Wildman–Crippen LogP) is 6.26. The van der Waals surface area contributed by atoms with Crippen LogP contribution in [0.1, 0.15) is 86.5 Å². The summed E-state index contributed by atoms with van der Waals surface area (Å²) in [6.45, 7) is 10.2. The molecular formula is C35H48N2O10. The lowest BCUT2D eigenvalue weighted by Gasteiger charge is -2.25. The van der Waals surface area contributed by atoms with Gasteiger partial charge in [-0.3, -0.25) is 9.59 Å². The first kappa shape index (κ1) is 38.6. The van der Waals surface area contributed by atoms with Gasteiger partial charge in [-0.25, -0.2) is 14.4 Å². The van der Waals surface area contributed by atoms with E-state index in [0.29, 0.717) is 25.0 Å². The van der Waals surface area contributed by atoms with Crippen LogP contribution >= 0.6 is 0 Å². The van der Waals surface area contributed by atoms with Gasteiger partial charge in [0.2, 0.25) is 0 Å². The van der Waals surface area contributed by atoms with E-state index in [1.54, 1.807) is 96.1 Å². The van der Waals surface area contributed by atoms with Crippen molar-refractivity contribution in [2.45, 2.75) is 110 Å². The van der Waals surface area contributed by atoms with E-state index in [4.69, 9.17) is 23.7 Å². The van der Waals surface area contributed by atoms with Crippen molar-refractivity contribution in [2.75, 3.05) is 6.54 Å². The number of para-hydroxylation sites is 2. The Labute approximate surface area is 276 Å². The van der Waals surface area contributed by atoms with Crippen molar-refractivity contribution in [3.05, 3.63) is 60.7 Å². The number of benzene rings is 2. The molecule has 0 saturated heterocycles. The Balaban J connectivity index is 2.05. The zero-order valence-corrected chi connectivity index (χ0v) is 28.2. The summed E-state index contributed by atoms with van der Waals surface area (Å²) in [5.41, 5.74) is -1.45. The summed E-state index contributed by atoms with van der Waals surface area (Å²) >= 11 is 0. The van der Waals surface area contributed by atoms with Crippen molar-refractivity contribution in [3.8, 4) is 11.5 Å². The van der Waals surface area contributed by atoms with E-state index >= 15 is 0 Å². The number of carbonyl (C=O) groups is 5. The molecule has 0 aliphatic heterocycles. The van der Waals surface area contributed by atoms with Crippen molar-refractivity contribution in [3.63, 3.8) is 0 Å². The summed E-state index contributed by atoms with van der Waals surface area (Å²) < 4.78 is 27.0. The Morgan fingerprint density at radius 3 is 1.79 bits per heavy atom. The van der Waals surface area contributed by atoms with Gasteiger partial charge >= 0.3 is 30.1 Å². The first-order valence-electron chi connectivity index (χ1n) is 15.8. The molecule has 0 fully saturated rings. The number of amides is 2. The maximum Gasteiger partial charge on any atom is 0.413 e. The van der Waals surface area contributed by atoms with Crippen LogP contribution in [0.5, 0.6) is 11.5 Å². The summed E-state index contributed by atoms with van der Waals surface area (Å²) in [7, 11) is 0. The molecule has 0 bridgehead atoms. The molecule has 2 N–H and O–H groups in total. The molecule has 2 atom stereocenters. The predicted molar refractivity (Wildman–Crippen MR) is 174 cm³/mol. The fourth-order valence-electron chi connectivity index (χ4n) is 4.11. The largest absolute Gasteiger partial charge is 0.460 e. The van der Waals surface area contributed by atoms with Gasteiger partial charge < -0.3 is 34.3 Å². The number of hydrogen-bond acceptors (Lipinski definition) is 10. The Hall–Kier alpha value is -4.61. The molecule has 0 saturated carbocycles. The van der Waals surface area contributed by atoms with Crippen LogP contribution in [0, 0.1) is 0 Å². The van der Waals surface area contributed by atoms with Gasteiger partial charge in [0.1, 0.15) is 34.8 Å². The van der Waals surface area contributed by atoms with E-state index < -0.39 is 47.5 Å². The summed E-state index contributed by atoms with van der Waals surface area (Å²) in [6.07, 6.45) is -0.687. The minimum atomic E-state index is -1.12. The van der Waals surface area contributed by atoms with Gasteiger partial charge in [-0.2, -0.15) is 0 Å². The van der Waals surface area contributed by atoms with Gasteiger partial charge in [0.05, 0.1) is 6.54 Å². The van der Waals surface area contributed by atoms with E-state index in [9.17, 15) is 24.0 Å². The maximum absolute atomic E-state index is 13.4. The molecule has 2 unspecified atom stereocenters. The minimum absolute atomic E-state index is 0.0428. The number of nitrogens with one attached hydrogen (secondary N) is 2. The average Bonchev–Trinajstić information content (AvgIpc) is 2.97. The Morgan fingerprint density at radius 2 is 1.21 bits per heavy atom. The quantitative estimate of drug-likeness (QED) is 0.0915. The Kier molecular flexibility index (Phi) is 15.7. The summed E-state index contributed by atoms with van der Waals surface area (Å²) in [5.74, 6) is -0.905. The molecule has 2 aromatic rings. The Bertz CT molecular complexity index is 1250. The van der Waals surface area contributed by atoms with Gasteiger partial charge in [-0.05, 0) is 85.1 Å². The van der Waals surface area contributed by atoms with Crippen LogP contribution in [-0.4, -0.2) is 60.0 Å². The number of hydrogen-bond donors (Lipinski definition) is 2. The van der Waals surface area contributed by atoms with Crippen LogP contribution < -0.4 is 20.1 Å². The molecule has 258 valence electrons. The number of alkyl carbamates (subject to hydrolysis) is 1. The van der Waals surface area contributed by atoms with Crippen LogP contribution in [0.4, 0.5) is 9.59 Å². The number of rotatable bonds is 16. The topological polar surface area (TPSA) is 156 Å². The molecule has 12 nitrogen and oxygen atoms in total. The molecule has 47 heavy (non-hydrogen) atoms. The fraction of sp³-hybridized carbons (Fsp3) is 0.514. The van der Waals surface area contributed by atoms with Crippen LogP contribution in [-0.2, 0) is 28.6 Å². The highest BCUT2D eigenvalue weighted by Gasteiger charge is 2.28. The summed E-state index contributed by atoms with van der Waals surface area (Å²) in [4.78, 5) is 63.1. The second-order valence-electron chi connectivity index (χ2n) is 12.9. The molecule has 0 aliphatic rings. The summed E-state index contributed by atoms with van der Waals surface area (Å²) in [6, 6.07) is 16.0. The third kappa shape index (κ3) is 18.2. The van der Waals surface area contributed by atoms with Gasteiger partial charge in [-0.15, -0.1) is 0 Å². The molecule has 0 aromatic heterocycles. The molecule has 0 radical (unpaired) electrons. The second kappa shape index (κ2) is 19.1. The van der Waals surface area contributed by atoms with Crippen molar-refractivity contribution < 1.29 is 47.7 Å². The van der Waals surface area contributed by atoms with E-state index in [0.717, 1.165) is 0 Å². The molecule has 0 heterocycles. The van der Waals surface area contributed by atoms with Gasteiger partial charge in [0.25, 0.3) is 0 Å². The van der Waals surface area contributed by atoms with Crippen LogP contribution in [0.15, 0.2) is 60.7 Å². The first-order chi connectivity index (χ1) is 22.1. The van der Waals surface area contributed by atoms with Gasteiger partial charge in [0.15, 0.2) is 0 Å². The van der Waals surface area contributed by atoms with E-state index in [2.05, 4.69) is 10.6 Å². The van der Waals surface area contributed by atoms with Crippen molar-refractivity contribution in [2.24, 2.45) is 0 Å². The molecule has 2 amide bonds. The normalized spacial score (nSPS) is 12.6. The second-order valence-corrected chi connectivity index (χ2v) is 12.9. The van der Waals surface area contributed by atoms with Crippen LogP contribution in [0.2, 0.25) is 0 Å². The maximum atomic E-state index is 13.4. The lowest BCUT2D eigenvalue weighted by molar-refractivity contribution is -0.159. The third-order valence-corrected chi connectivity index (χ3v) is 6.13. The van der Waals surface area contributed by atoms with Crippen molar-refractivity contribution in [1.82, 2.24) is 10.6 Å². The molecule has 0 spiro atoms. The van der Waals surface area contributed by atoms with E-state index in [1.807, 2.05) is 6.07 Å². The first-order valence-corrected chi connectivity index (χ1v) is 15.8. The smallest absolute Gasteiger partial charge is 0.413 e. The van der Waals surface area contributed by atoms with Gasteiger partial charge in [-0.1, -0.05) is 49.2 Å². The standard InChI is InChI=1S/C35H48N2O10/c1-34(2,3)46-30(39)23-22-27(24-36-32(41)47-35(4,5)6)44-31(40)28(37-33(42)45-26-18-12-8-13-19-26)20-14-9-15-21-29(38)43-25-16-10-7-11-17-25/h7-8,10-13,16-19,27-28H,9,14-15,20-24H2,1-6H3,(H,36,41)(H,37,42). The third-order valence-electron chi connectivity index (χ3n) is 6.13. The molecule has 2 aromatic carbocycles. The highest BCUT2D eigenvalue weighted by Crippen LogP contribution is 2.16. The van der Waals surface area contributed by atoms with Crippen LogP contribution in [0.25, 0.3) is 0 Å². The number of carbonyl (C=O) groups excluding carboxylic acids is 5. The molecule has 0 aliphatic carbocycles. The zero-order chi connectivity index (χ0) is 34.9. The average molecular weight is 657 g/mol. The van der Waals surface area contributed by atoms with E-state index in [1.165, 1.54) is 0 Å². The lowest BCUT2D eigenvalue weighted by atomic mass is 10.1. The van der Waals surface area contributed by atoms with Crippen molar-refractivity contribution in [1.29, 1.82) is 0 Å². The number of esters is 3. The number of ether oxygens (including phenoxy) is 5. The van der Waals surface area contributed by atoms with Gasteiger partial charge in [0, 0.05) is 12.8 Å². The Morgan fingerprint density at radius 1 is 0.638 bits per heavy atom. The number of unbranched alkanes of at least 4 members (excludes halogenated alkanes) is 2. The van der Waals surface area contributed by atoms with Crippen molar-refractivity contribution >= 4 is 30.1 Å². The zero-order valence-electron chi connectivity index (χ0n) is 28.2. The lowest BCUT2D eigenvalue weighted by Crippen LogP contribution is -2.46. The fourth-order valence-corrected chi connectivity index (χ4v) is 4.11. The monoisotopic (exact) mass is 656 g/mol. The molecule has 2 rings (SSSR count). The van der Waals surface area contributed by atoms with E-state index in [-0.39, 0.29) is 43.9 Å². The SMILES string of the molecule is CC(C)(C)OC(=O)CCC(CNC(=O)OC(C)(C)C)OC(=O)C(CCCCCC(=O)Oc1ccccc1)NC(=O)Oc1ccccc1. The highest BCUT2D eigenvalue weighted by atomic mass is 16.6. The van der Waals surface area contributed by atoms with Crippen LogP contribution in [0.3, 0.4) is 0 Å². The highest BCUT2D eigenvalue weighted by molar-refractivity contribution is 5.82. The summed E-state index contributed by atoms with van der Waals surface area (Å²) in [5, 5.41) is 5.13. The molecular weight excluding hydrogens is 608 g/mol.